The van der Waals surface area contributed by atoms with E-state index in [0.29, 0.717) is 13.0 Å². The van der Waals surface area contributed by atoms with Gasteiger partial charge in [0.1, 0.15) is 5.82 Å². The van der Waals surface area contributed by atoms with Gasteiger partial charge in [0.15, 0.2) is 0 Å². The van der Waals surface area contributed by atoms with Crippen LogP contribution >= 0.6 is 23.1 Å². The summed E-state index contributed by atoms with van der Waals surface area (Å²) in [4.78, 5) is 24.1. The van der Waals surface area contributed by atoms with Crippen LogP contribution in [0.1, 0.15) is 31.7 Å². The van der Waals surface area contributed by atoms with Crippen LogP contribution in [0.15, 0.2) is 54.6 Å². The van der Waals surface area contributed by atoms with Crippen LogP contribution in [0.25, 0.3) is 0 Å². The Hall–Kier alpha value is -2.64. The van der Waals surface area contributed by atoms with Crippen LogP contribution in [0, 0.1) is 0 Å². The highest BCUT2D eigenvalue weighted by atomic mass is 35.5. The number of rotatable bonds is 8. The maximum absolute atomic E-state index is 12.9. The lowest BCUT2D eigenvalue weighted by atomic mass is 10.1. The molecule has 1 aliphatic rings. The second-order valence-corrected chi connectivity index (χ2v) is 9.71. The molecule has 6 nitrogen and oxygen atoms in total. The van der Waals surface area contributed by atoms with Gasteiger partial charge in [0.25, 0.3) is 0 Å². The van der Waals surface area contributed by atoms with E-state index in [1.165, 1.54) is 17.1 Å². The van der Waals surface area contributed by atoms with Crippen molar-refractivity contribution in [2.75, 3.05) is 42.5 Å². The highest BCUT2D eigenvalue weighted by Gasteiger charge is 2.23. The average Bonchev–Trinajstić information content (AvgIpc) is 3.27. The van der Waals surface area contributed by atoms with E-state index in [4.69, 9.17) is 16.6 Å². The molecule has 1 saturated heterocycles. The zero-order valence-corrected chi connectivity index (χ0v) is 20.7. The molecule has 3 aromatic rings. The molecule has 0 atom stereocenters. The van der Waals surface area contributed by atoms with Gasteiger partial charge < -0.3 is 14.7 Å². The third-order valence-corrected chi connectivity index (χ3v) is 6.93. The molecule has 4 rings (SSSR count). The average molecular weight is 484 g/mol. The summed E-state index contributed by atoms with van der Waals surface area (Å²) in [6.07, 6.45) is 1.20. The number of carbonyl (C=O) groups excluding carboxylic acids is 1. The first-order chi connectivity index (χ1) is 16.0. The Labute approximate surface area is 205 Å². The Bertz CT molecular complexity index is 1050. The van der Waals surface area contributed by atoms with Gasteiger partial charge in [-0.05, 0) is 37.6 Å². The molecule has 2 aromatic carbocycles. The van der Waals surface area contributed by atoms with E-state index in [-0.39, 0.29) is 11.9 Å². The number of hydrogen-bond acceptors (Lipinski definition) is 6. The lowest BCUT2D eigenvalue weighted by Crippen LogP contribution is -2.49. The Morgan fingerprint density at radius 2 is 1.85 bits per heavy atom. The van der Waals surface area contributed by atoms with Crippen molar-refractivity contribution in [1.29, 1.82) is 0 Å². The molecule has 0 unspecified atom stereocenters. The first-order valence-corrected chi connectivity index (χ1v) is 12.6. The Morgan fingerprint density at radius 3 is 2.55 bits per heavy atom. The Kier molecular flexibility index (Phi) is 7.83. The van der Waals surface area contributed by atoms with Crippen molar-refractivity contribution in [3.63, 3.8) is 0 Å². The summed E-state index contributed by atoms with van der Waals surface area (Å²) in [6, 6.07) is 18.4. The van der Waals surface area contributed by atoms with Gasteiger partial charge in [0.05, 0.1) is 0 Å². The molecule has 1 amide bonds. The van der Waals surface area contributed by atoms with Crippen molar-refractivity contribution >= 4 is 39.9 Å². The number of aromatic nitrogens is 2. The monoisotopic (exact) mass is 483 g/mol. The van der Waals surface area contributed by atoms with Gasteiger partial charge in [0, 0.05) is 73.8 Å². The van der Waals surface area contributed by atoms with E-state index in [1.807, 2.05) is 41.3 Å². The van der Waals surface area contributed by atoms with E-state index < -0.39 is 0 Å². The minimum absolute atomic E-state index is 0.195. The van der Waals surface area contributed by atoms with Crippen LogP contribution < -0.4 is 9.80 Å². The lowest BCUT2D eigenvalue weighted by molar-refractivity contribution is -0.131. The predicted molar refractivity (Wildman–Crippen MR) is 137 cm³/mol. The number of anilines is 2. The lowest BCUT2D eigenvalue weighted by Gasteiger charge is -2.36. The smallest absolute Gasteiger partial charge is 0.224 e. The minimum atomic E-state index is 0.195. The standard InChI is InChI=1S/C25H30ClN5OS/c1-19(2)31(25-27-23(28-33-25)17-20-7-4-3-5-8-20)12-11-24(32)30-15-13-29(14-16-30)22-10-6-9-21(26)18-22/h3-10,18-19H,11-17H2,1-2H3. The second kappa shape index (κ2) is 11.0. The summed E-state index contributed by atoms with van der Waals surface area (Å²) in [6.45, 7) is 8.00. The highest BCUT2D eigenvalue weighted by molar-refractivity contribution is 7.09. The molecule has 1 aromatic heterocycles. The van der Waals surface area contributed by atoms with E-state index in [1.54, 1.807) is 0 Å². The first-order valence-electron chi connectivity index (χ1n) is 11.4. The zero-order chi connectivity index (χ0) is 23.2. The first kappa shape index (κ1) is 23.5. The normalized spacial score (nSPS) is 14.1. The van der Waals surface area contributed by atoms with Gasteiger partial charge in [-0.25, -0.2) is 4.98 Å². The topological polar surface area (TPSA) is 52.6 Å². The summed E-state index contributed by atoms with van der Waals surface area (Å²) in [5.41, 5.74) is 2.31. The van der Waals surface area contributed by atoms with Crippen LogP contribution in [0.4, 0.5) is 10.8 Å². The number of nitrogens with zero attached hydrogens (tertiary/aromatic N) is 5. The van der Waals surface area contributed by atoms with Crippen molar-refractivity contribution in [2.45, 2.75) is 32.7 Å². The summed E-state index contributed by atoms with van der Waals surface area (Å²) < 4.78 is 4.55. The largest absolute Gasteiger partial charge is 0.368 e. The van der Waals surface area contributed by atoms with Gasteiger partial charge in [-0.2, -0.15) is 4.37 Å². The zero-order valence-electron chi connectivity index (χ0n) is 19.2. The number of carbonyl (C=O) groups is 1. The molecule has 0 radical (unpaired) electrons. The summed E-state index contributed by atoms with van der Waals surface area (Å²) in [5, 5.41) is 1.62. The van der Waals surface area contributed by atoms with Crippen molar-refractivity contribution in [2.24, 2.45) is 0 Å². The van der Waals surface area contributed by atoms with Crippen LogP contribution in [-0.2, 0) is 11.2 Å². The number of amides is 1. The molecule has 0 saturated carbocycles. The molecule has 2 heterocycles. The maximum atomic E-state index is 12.9. The fraction of sp³-hybridized carbons (Fsp3) is 0.400. The van der Waals surface area contributed by atoms with Crippen molar-refractivity contribution in [3.8, 4) is 0 Å². The third-order valence-electron chi connectivity index (χ3n) is 5.90. The van der Waals surface area contributed by atoms with E-state index in [9.17, 15) is 4.79 Å². The fourth-order valence-corrected chi connectivity index (χ4v) is 5.08. The van der Waals surface area contributed by atoms with Crippen LogP contribution in [0.5, 0.6) is 0 Å². The van der Waals surface area contributed by atoms with Crippen molar-refractivity contribution in [1.82, 2.24) is 14.3 Å². The molecule has 1 aliphatic heterocycles. The molecular formula is C25H30ClN5OS. The summed E-state index contributed by atoms with van der Waals surface area (Å²) in [5.74, 6) is 1.02. The van der Waals surface area contributed by atoms with E-state index in [2.05, 4.69) is 46.2 Å². The number of piperazine rings is 1. The minimum Gasteiger partial charge on any atom is -0.368 e. The summed E-state index contributed by atoms with van der Waals surface area (Å²) >= 11 is 7.54. The molecule has 1 fully saturated rings. The maximum Gasteiger partial charge on any atom is 0.224 e. The van der Waals surface area contributed by atoms with Gasteiger partial charge in [-0.15, -0.1) is 0 Å². The van der Waals surface area contributed by atoms with Gasteiger partial charge in [-0.1, -0.05) is 48.0 Å². The fourth-order valence-electron chi connectivity index (χ4n) is 4.05. The van der Waals surface area contributed by atoms with E-state index >= 15 is 0 Å². The molecule has 0 bridgehead atoms. The molecule has 33 heavy (non-hydrogen) atoms. The SMILES string of the molecule is CC(C)N(CCC(=O)N1CCN(c2cccc(Cl)c2)CC1)c1nc(Cc2ccccc2)ns1. The molecular weight excluding hydrogens is 454 g/mol. The molecule has 0 aliphatic carbocycles. The highest BCUT2D eigenvalue weighted by Crippen LogP contribution is 2.23. The Morgan fingerprint density at radius 1 is 1.09 bits per heavy atom. The van der Waals surface area contributed by atoms with E-state index in [0.717, 1.165) is 54.3 Å². The van der Waals surface area contributed by atoms with Gasteiger partial charge >= 0.3 is 0 Å². The Balaban J connectivity index is 1.30. The van der Waals surface area contributed by atoms with Crippen LogP contribution in [0.2, 0.25) is 5.02 Å². The molecule has 8 heteroatoms. The number of hydrogen-bond donors (Lipinski definition) is 0. The number of halogens is 1. The summed E-state index contributed by atoms with van der Waals surface area (Å²) in [7, 11) is 0. The molecule has 0 spiro atoms. The third kappa shape index (κ3) is 6.24. The molecule has 174 valence electrons. The quantitative estimate of drug-likeness (QED) is 0.463. The van der Waals surface area contributed by atoms with Crippen molar-refractivity contribution < 1.29 is 4.79 Å². The van der Waals surface area contributed by atoms with Gasteiger partial charge in [-0.3, -0.25) is 4.79 Å². The van der Waals surface area contributed by atoms with Crippen molar-refractivity contribution in [3.05, 3.63) is 71.0 Å². The van der Waals surface area contributed by atoms with Crippen LogP contribution in [0.3, 0.4) is 0 Å². The van der Waals surface area contributed by atoms with Gasteiger partial charge in [0.2, 0.25) is 11.0 Å². The van der Waals surface area contributed by atoms with Crippen LogP contribution in [-0.4, -0.2) is 58.9 Å². The predicted octanol–water partition coefficient (Wildman–Crippen LogP) is 4.74. The second-order valence-electron chi connectivity index (χ2n) is 8.54. The molecule has 0 N–H and O–H groups in total. The number of benzene rings is 2.